The van der Waals surface area contributed by atoms with Crippen molar-refractivity contribution in [3.05, 3.63) is 39.9 Å². The minimum absolute atomic E-state index is 0.0748. The predicted molar refractivity (Wildman–Crippen MR) is 66.3 cm³/mol. The first-order valence-corrected chi connectivity index (χ1v) is 6.11. The number of aliphatic hydroxyl groups is 1. The summed E-state index contributed by atoms with van der Waals surface area (Å²) < 4.78 is 5.43. The molecule has 0 saturated carbocycles. The normalized spacial score (nSPS) is 25.0. The lowest BCUT2D eigenvalue weighted by molar-refractivity contribution is -0.384. The Balaban J connectivity index is 1.98. The second kappa shape index (κ2) is 5.46. The smallest absolute Gasteiger partial charge is 0.269 e. The van der Waals surface area contributed by atoms with Crippen LogP contribution in [0.4, 0.5) is 5.69 Å². The molecular formula is C13H17NO4. The molecule has 1 aliphatic rings. The molecule has 1 fully saturated rings. The maximum Gasteiger partial charge on any atom is 0.269 e. The van der Waals surface area contributed by atoms with Crippen LogP contribution in [0.15, 0.2) is 24.3 Å². The maximum absolute atomic E-state index is 10.5. The molecule has 1 heterocycles. The van der Waals surface area contributed by atoms with E-state index in [0.29, 0.717) is 13.0 Å². The summed E-state index contributed by atoms with van der Waals surface area (Å²) >= 11 is 0. The van der Waals surface area contributed by atoms with Crippen molar-refractivity contribution in [2.24, 2.45) is 5.92 Å². The fourth-order valence-electron chi connectivity index (χ4n) is 2.40. The Kier molecular flexibility index (Phi) is 3.93. The summed E-state index contributed by atoms with van der Waals surface area (Å²) in [6.07, 6.45) is 1.01. The average molecular weight is 251 g/mol. The van der Waals surface area contributed by atoms with Crippen molar-refractivity contribution in [1.82, 2.24) is 0 Å². The van der Waals surface area contributed by atoms with E-state index in [9.17, 15) is 15.2 Å². The van der Waals surface area contributed by atoms with Crippen LogP contribution in [0, 0.1) is 16.0 Å². The monoisotopic (exact) mass is 251 g/mol. The van der Waals surface area contributed by atoms with E-state index in [0.717, 1.165) is 12.0 Å². The summed E-state index contributed by atoms with van der Waals surface area (Å²) in [6.45, 7) is 2.67. The van der Waals surface area contributed by atoms with Crippen molar-refractivity contribution < 1.29 is 14.8 Å². The predicted octanol–water partition coefficient (Wildman–Crippen LogP) is 1.92. The zero-order valence-corrected chi connectivity index (χ0v) is 10.3. The number of ether oxygens (including phenoxy) is 1. The van der Waals surface area contributed by atoms with E-state index in [1.165, 1.54) is 12.1 Å². The SMILES string of the molecule is CC1OCCC1C(O)Cc1ccc([N+](=O)[O-])cc1. The van der Waals surface area contributed by atoms with Gasteiger partial charge in [0.2, 0.25) is 0 Å². The second-order valence-electron chi connectivity index (χ2n) is 4.72. The highest BCUT2D eigenvalue weighted by atomic mass is 16.6. The van der Waals surface area contributed by atoms with Gasteiger partial charge in [-0.2, -0.15) is 0 Å². The number of non-ortho nitro benzene ring substituents is 1. The third-order valence-electron chi connectivity index (χ3n) is 3.52. The van der Waals surface area contributed by atoms with Gasteiger partial charge < -0.3 is 9.84 Å². The van der Waals surface area contributed by atoms with Gasteiger partial charge in [-0.3, -0.25) is 10.1 Å². The molecule has 5 nitrogen and oxygen atoms in total. The molecule has 0 spiro atoms. The molecule has 1 aliphatic heterocycles. The van der Waals surface area contributed by atoms with Gasteiger partial charge in [-0.15, -0.1) is 0 Å². The molecule has 1 aromatic rings. The Morgan fingerprint density at radius 1 is 1.50 bits per heavy atom. The van der Waals surface area contributed by atoms with E-state index in [4.69, 9.17) is 4.74 Å². The van der Waals surface area contributed by atoms with Crippen LogP contribution >= 0.6 is 0 Å². The second-order valence-corrected chi connectivity index (χ2v) is 4.72. The summed E-state index contributed by atoms with van der Waals surface area (Å²) in [7, 11) is 0. The third kappa shape index (κ3) is 2.86. The molecule has 1 N–H and O–H groups in total. The van der Waals surface area contributed by atoms with Gasteiger partial charge >= 0.3 is 0 Å². The average Bonchev–Trinajstić information content (AvgIpc) is 2.76. The molecule has 0 amide bonds. The number of nitro benzene ring substituents is 1. The summed E-state index contributed by atoms with van der Waals surface area (Å²) in [6, 6.07) is 6.33. The van der Waals surface area contributed by atoms with Gasteiger partial charge in [0, 0.05) is 24.7 Å². The topological polar surface area (TPSA) is 72.6 Å². The summed E-state index contributed by atoms with van der Waals surface area (Å²) in [5.74, 6) is 0.153. The number of rotatable bonds is 4. The number of nitro groups is 1. The Morgan fingerprint density at radius 3 is 2.67 bits per heavy atom. The number of benzene rings is 1. The molecule has 1 aromatic carbocycles. The molecule has 18 heavy (non-hydrogen) atoms. The fraction of sp³-hybridized carbons (Fsp3) is 0.538. The van der Waals surface area contributed by atoms with Crippen LogP contribution < -0.4 is 0 Å². The number of nitrogens with zero attached hydrogens (tertiary/aromatic N) is 1. The Labute approximate surface area is 106 Å². The Morgan fingerprint density at radius 2 is 2.17 bits per heavy atom. The van der Waals surface area contributed by atoms with Gasteiger partial charge in [0.15, 0.2) is 0 Å². The minimum atomic E-state index is -0.455. The maximum atomic E-state index is 10.5. The van der Waals surface area contributed by atoms with E-state index >= 15 is 0 Å². The third-order valence-corrected chi connectivity index (χ3v) is 3.52. The Hall–Kier alpha value is -1.46. The van der Waals surface area contributed by atoms with E-state index in [1.807, 2.05) is 6.92 Å². The molecule has 0 aromatic heterocycles. The van der Waals surface area contributed by atoms with E-state index < -0.39 is 11.0 Å². The van der Waals surface area contributed by atoms with Crippen molar-refractivity contribution in [3.63, 3.8) is 0 Å². The first-order valence-electron chi connectivity index (χ1n) is 6.11. The molecule has 0 bridgehead atoms. The van der Waals surface area contributed by atoms with E-state index in [1.54, 1.807) is 12.1 Å². The molecular weight excluding hydrogens is 234 g/mol. The highest BCUT2D eigenvalue weighted by Gasteiger charge is 2.30. The van der Waals surface area contributed by atoms with Crippen LogP contribution in [0.25, 0.3) is 0 Å². The van der Waals surface area contributed by atoms with Crippen molar-refractivity contribution in [1.29, 1.82) is 0 Å². The van der Waals surface area contributed by atoms with Crippen molar-refractivity contribution in [2.75, 3.05) is 6.61 Å². The lowest BCUT2D eigenvalue weighted by atomic mass is 9.91. The highest BCUT2D eigenvalue weighted by Crippen LogP contribution is 2.26. The van der Waals surface area contributed by atoms with Gasteiger partial charge in [-0.05, 0) is 25.3 Å². The number of hydrogen-bond acceptors (Lipinski definition) is 4. The highest BCUT2D eigenvalue weighted by molar-refractivity contribution is 5.33. The largest absolute Gasteiger partial charge is 0.392 e. The molecule has 0 aliphatic carbocycles. The van der Waals surface area contributed by atoms with Crippen LogP contribution in [0.1, 0.15) is 18.9 Å². The van der Waals surface area contributed by atoms with Gasteiger partial charge in [0.05, 0.1) is 17.1 Å². The van der Waals surface area contributed by atoms with Gasteiger partial charge in [-0.25, -0.2) is 0 Å². The number of hydrogen-bond donors (Lipinski definition) is 1. The van der Waals surface area contributed by atoms with Crippen LogP contribution in [-0.2, 0) is 11.2 Å². The fourth-order valence-corrected chi connectivity index (χ4v) is 2.40. The van der Waals surface area contributed by atoms with Gasteiger partial charge in [0.25, 0.3) is 5.69 Å². The molecule has 3 atom stereocenters. The Bertz CT molecular complexity index is 418. The zero-order chi connectivity index (χ0) is 13.1. The lowest BCUT2D eigenvalue weighted by Gasteiger charge is -2.20. The number of aliphatic hydroxyl groups excluding tert-OH is 1. The van der Waals surface area contributed by atoms with Crippen LogP contribution in [0.5, 0.6) is 0 Å². The van der Waals surface area contributed by atoms with Gasteiger partial charge in [-0.1, -0.05) is 12.1 Å². The minimum Gasteiger partial charge on any atom is -0.392 e. The van der Waals surface area contributed by atoms with Crippen molar-refractivity contribution >= 4 is 5.69 Å². The van der Waals surface area contributed by atoms with Crippen LogP contribution in [0.3, 0.4) is 0 Å². The van der Waals surface area contributed by atoms with E-state index in [2.05, 4.69) is 0 Å². The quantitative estimate of drug-likeness (QED) is 0.655. The molecule has 2 rings (SSSR count). The molecule has 98 valence electrons. The van der Waals surface area contributed by atoms with Crippen LogP contribution in [0.2, 0.25) is 0 Å². The molecule has 0 radical (unpaired) electrons. The van der Waals surface area contributed by atoms with Crippen LogP contribution in [-0.4, -0.2) is 28.8 Å². The first kappa shape index (κ1) is 13.0. The first-order chi connectivity index (χ1) is 8.58. The summed E-state index contributed by atoms with van der Waals surface area (Å²) in [5, 5.41) is 20.7. The molecule has 1 saturated heterocycles. The van der Waals surface area contributed by atoms with Crippen molar-refractivity contribution in [2.45, 2.75) is 32.0 Å². The standard InChI is InChI=1S/C13H17NO4/c1-9-12(6-7-18-9)13(15)8-10-2-4-11(5-3-10)14(16)17/h2-5,9,12-13,15H,6-8H2,1H3. The molecule has 3 unspecified atom stereocenters. The molecule has 5 heteroatoms. The summed E-state index contributed by atoms with van der Waals surface area (Å²) in [4.78, 5) is 10.1. The van der Waals surface area contributed by atoms with E-state index in [-0.39, 0.29) is 17.7 Å². The lowest BCUT2D eigenvalue weighted by Crippen LogP contribution is -2.28. The van der Waals surface area contributed by atoms with Gasteiger partial charge in [0.1, 0.15) is 0 Å². The van der Waals surface area contributed by atoms with Crippen molar-refractivity contribution in [3.8, 4) is 0 Å². The summed E-state index contributed by atoms with van der Waals surface area (Å²) in [5.41, 5.74) is 0.984. The zero-order valence-electron chi connectivity index (χ0n) is 10.3.